The van der Waals surface area contributed by atoms with Crippen molar-refractivity contribution >= 4 is 21.7 Å². The van der Waals surface area contributed by atoms with Crippen LogP contribution in [0.2, 0.25) is 20.5 Å². The number of unbranched alkanes of at least 4 members (excludes halogenated alkanes) is 1. The van der Waals surface area contributed by atoms with E-state index in [0.29, 0.717) is 48.7 Å². The fraction of sp³-hybridized carbons (Fsp3) is 0.652. The SMILES string of the molecule is C1CC[SiH2]C1.CCC[CH2][Ti][C](CCC)(C1C(CC)=Cc2c(C(C)C)cc(C(C)C)cc21)C1C(CC)=Cc2c(C(C)C)cc(C(C)C)cc21. The van der Waals surface area contributed by atoms with Crippen LogP contribution >= 0.6 is 0 Å². The van der Waals surface area contributed by atoms with E-state index >= 15 is 0 Å². The monoisotopic (exact) mass is 700 g/mol. The van der Waals surface area contributed by atoms with Crippen molar-refractivity contribution in [1.82, 2.24) is 0 Å². The van der Waals surface area contributed by atoms with Crippen molar-refractivity contribution in [2.75, 3.05) is 0 Å². The zero-order valence-corrected chi connectivity index (χ0v) is 36.4. The van der Waals surface area contributed by atoms with Gasteiger partial charge in [-0.15, -0.1) is 0 Å². The molecule has 1 saturated heterocycles. The van der Waals surface area contributed by atoms with Crippen LogP contribution in [0.5, 0.6) is 0 Å². The van der Waals surface area contributed by atoms with Gasteiger partial charge in [-0.1, -0.05) is 24.9 Å². The van der Waals surface area contributed by atoms with Crippen LogP contribution in [0, 0.1) is 0 Å². The molecule has 0 aromatic heterocycles. The molecular weight excluding hydrogens is 628 g/mol. The number of hydrogen-bond donors (Lipinski definition) is 0. The first-order valence-corrected chi connectivity index (χ1v) is 24.3. The summed E-state index contributed by atoms with van der Waals surface area (Å²) in [7, 11) is 0.543. The van der Waals surface area contributed by atoms with Crippen molar-refractivity contribution < 1.29 is 19.2 Å². The van der Waals surface area contributed by atoms with Gasteiger partial charge >= 0.3 is 277 Å². The van der Waals surface area contributed by atoms with E-state index in [0.717, 1.165) is 12.8 Å². The summed E-state index contributed by atoms with van der Waals surface area (Å²) >= 11 is -0.258. The number of fused-ring (bicyclic) bond motifs is 2. The molecule has 2 atom stereocenters. The molecule has 0 saturated carbocycles. The molecule has 0 nitrogen and oxygen atoms in total. The maximum absolute atomic E-state index is 2.69. The molecule has 1 fully saturated rings. The third-order valence-corrected chi connectivity index (χ3v) is 17.1. The third-order valence-electron chi connectivity index (χ3n) is 11.9. The summed E-state index contributed by atoms with van der Waals surface area (Å²) in [6.45, 7) is 29.0. The summed E-state index contributed by atoms with van der Waals surface area (Å²) in [6, 6.07) is 13.8. The van der Waals surface area contributed by atoms with Crippen molar-refractivity contribution in [3.05, 3.63) is 79.9 Å². The zero-order chi connectivity index (χ0) is 35.2. The summed E-state index contributed by atoms with van der Waals surface area (Å²) in [5.74, 6) is 3.25. The molecule has 0 N–H and O–H groups in total. The van der Waals surface area contributed by atoms with E-state index in [1.165, 1.54) is 30.4 Å². The number of hydrogen-bond acceptors (Lipinski definition) is 0. The van der Waals surface area contributed by atoms with Crippen LogP contribution in [-0.4, -0.2) is 9.52 Å². The van der Waals surface area contributed by atoms with Crippen LogP contribution < -0.4 is 0 Å². The second-order valence-electron chi connectivity index (χ2n) is 16.7. The Morgan fingerprint density at radius 3 is 1.42 bits per heavy atom. The van der Waals surface area contributed by atoms with Crippen LogP contribution in [0.3, 0.4) is 0 Å². The minimum absolute atomic E-state index is 0.258. The predicted octanol–water partition coefficient (Wildman–Crippen LogP) is 14.7. The van der Waals surface area contributed by atoms with E-state index < -0.39 is 0 Å². The Bertz CT molecular complexity index is 1310. The average molecular weight is 701 g/mol. The molecule has 2 aliphatic carbocycles. The molecular formula is C46H72SiTi. The molecule has 3 aliphatic rings. The first-order valence-electron chi connectivity index (χ1n) is 20.5. The van der Waals surface area contributed by atoms with E-state index in [-0.39, 0.29) is 19.2 Å². The van der Waals surface area contributed by atoms with Crippen molar-refractivity contribution in [1.29, 1.82) is 0 Å². The van der Waals surface area contributed by atoms with E-state index in [1.54, 1.807) is 80.6 Å². The van der Waals surface area contributed by atoms with Gasteiger partial charge in [-0.25, -0.2) is 0 Å². The number of rotatable bonds is 14. The fourth-order valence-electron chi connectivity index (χ4n) is 9.19. The normalized spacial score (nSPS) is 19.8. The second-order valence-corrected chi connectivity index (χ2v) is 21.6. The summed E-state index contributed by atoms with van der Waals surface area (Å²) < 4.78 is 1.75. The molecule has 0 amide bonds. The minimum atomic E-state index is -0.258. The molecule has 264 valence electrons. The average Bonchev–Trinajstić information content (AvgIpc) is 3.83. The van der Waals surface area contributed by atoms with Gasteiger partial charge in [0.15, 0.2) is 0 Å². The summed E-state index contributed by atoms with van der Waals surface area (Å²) in [6.07, 6.45) is 16.1. The van der Waals surface area contributed by atoms with Gasteiger partial charge in [0.1, 0.15) is 0 Å². The van der Waals surface area contributed by atoms with Gasteiger partial charge in [-0.3, -0.25) is 0 Å². The molecule has 48 heavy (non-hydrogen) atoms. The first-order chi connectivity index (χ1) is 22.9. The molecule has 1 aliphatic heterocycles. The summed E-state index contributed by atoms with van der Waals surface area (Å²) in [4.78, 5) is 0. The van der Waals surface area contributed by atoms with Gasteiger partial charge in [-0.05, 0) is 0 Å². The van der Waals surface area contributed by atoms with Gasteiger partial charge in [0.05, 0.1) is 0 Å². The van der Waals surface area contributed by atoms with E-state index in [2.05, 4.69) is 120 Å². The van der Waals surface area contributed by atoms with Gasteiger partial charge in [0.25, 0.3) is 0 Å². The van der Waals surface area contributed by atoms with E-state index in [9.17, 15) is 0 Å². The van der Waals surface area contributed by atoms with Crippen molar-refractivity contribution in [3.63, 3.8) is 0 Å². The van der Waals surface area contributed by atoms with Crippen LogP contribution in [0.15, 0.2) is 35.4 Å². The Kier molecular flexibility index (Phi) is 14.8. The molecule has 2 aromatic rings. The fourth-order valence-corrected chi connectivity index (χ4v) is 14.9. The Morgan fingerprint density at radius 1 is 0.646 bits per heavy atom. The maximum atomic E-state index is 2.69. The first kappa shape index (κ1) is 39.6. The Labute approximate surface area is 309 Å². The molecule has 5 rings (SSSR count). The van der Waals surface area contributed by atoms with E-state index in [1.807, 2.05) is 0 Å². The predicted molar refractivity (Wildman–Crippen MR) is 216 cm³/mol. The molecule has 2 aromatic carbocycles. The molecule has 0 radical (unpaired) electrons. The van der Waals surface area contributed by atoms with Crippen molar-refractivity contribution in [3.8, 4) is 0 Å². The Hall–Kier alpha value is -1.15. The summed E-state index contributed by atoms with van der Waals surface area (Å²) in [5.41, 5.74) is 16.2. The third kappa shape index (κ3) is 8.31. The topological polar surface area (TPSA) is 0 Å². The number of allylic oxidation sites excluding steroid dienone is 2. The van der Waals surface area contributed by atoms with Crippen LogP contribution in [-0.2, 0) is 19.2 Å². The van der Waals surface area contributed by atoms with Crippen molar-refractivity contribution in [2.45, 2.75) is 190 Å². The second kappa shape index (κ2) is 17.9. The Morgan fingerprint density at radius 2 is 1.10 bits per heavy atom. The van der Waals surface area contributed by atoms with Gasteiger partial charge in [0.2, 0.25) is 0 Å². The van der Waals surface area contributed by atoms with Crippen LogP contribution in [0.4, 0.5) is 0 Å². The van der Waals surface area contributed by atoms with Crippen molar-refractivity contribution in [2.24, 2.45) is 0 Å². The van der Waals surface area contributed by atoms with Gasteiger partial charge < -0.3 is 0 Å². The van der Waals surface area contributed by atoms with Crippen LogP contribution in [0.25, 0.3) is 12.2 Å². The van der Waals surface area contributed by atoms with E-state index in [4.69, 9.17) is 0 Å². The molecule has 0 spiro atoms. The molecule has 2 unspecified atom stereocenters. The molecule has 1 heterocycles. The quantitative estimate of drug-likeness (QED) is 0.136. The molecule has 2 heteroatoms. The number of benzene rings is 2. The van der Waals surface area contributed by atoms with Gasteiger partial charge in [0, 0.05) is 9.52 Å². The zero-order valence-electron chi connectivity index (χ0n) is 33.4. The van der Waals surface area contributed by atoms with Crippen LogP contribution in [0.1, 0.15) is 214 Å². The van der Waals surface area contributed by atoms with Gasteiger partial charge in [-0.2, -0.15) is 0 Å². The summed E-state index contributed by atoms with van der Waals surface area (Å²) in [5, 5.41) is 0. The molecule has 0 bridgehead atoms. The standard InChI is InChI=1S/C38H53.C4H10Si.C4H9.Ti/c1-12-15-30(37-26(13-2)16-33-31(24(8)9)18-28(22(4)5)20-35(33)37)38-27(14-3)17-34-32(25(10)11)19-29(23(6)7)21-36(34)38;1-2-4-5-3-1;1-3-4-2;/h16-25,37-38H,12-15H2,1-11H3;1-5H2;1,3-4H2,2H3;. The Balaban J connectivity index is 0.000000950.